The number of pyridine rings is 1. The lowest BCUT2D eigenvalue weighted by Gasteiger charge is -2.33. The fourth-order valence-corrected chi connectivity index (χ4v) is 4.09. The van der Waals surface area contributed by atoms with Crippen molar-refractivity contribution in [3.63, 3.8) is 0 Å². The minimum atomic E-state index is 0.551. The summed E-state index contributed by atoms with van der Waals surface area (Å²) >= 11 is 6.26. The lowest BCUT2D eigenvalue weighted by molar-refractivity contribution is 0.193. The van der Waals surface area contributed by atoms with Crippen molar-refractivity contribution in [2.75, 3.05) is 18.4 Å². The summed E-state index contributed by atoms with van der Waals surface area (Å²) in [5, 5.41) is 5.62. The zero-order valence-electron chi connectivity index (χ0n) is 12.1. The predicted molar refractivity (Wildman–Crippen MR) is 88.0 cm³/mol. The van der Waals surface area contributed by atoms with Gasteiger partial charge in [0.1, 0.15) is 0 Å². The SMILES string of the molecule is Clc1ccc(NC2CCN3CCCCC23)c2cccnc12. The molecule has 1 aromatic carbocycles. The molecule has 0 bridgehead atoms. The highest BCUT2D eigenvalue weighted by Gasteiger charge is 2.35. The van der Waals surface area contributed by atoms with E-state index in [9.17, 15) is 0 Å². The first-order chi connectivity index (χ1) is 10.3. The number of fused-ring (bicyclic) bond motifs is 2. The molecule has 2 fully saturated rings. The number of anilines is 1. The first-order valence-electron chi connectivity index (χ1n) is 7.87. The third-order valence-electron chi connectivity index (χ3n) is 4.92. The Morgan fingerprint density at radius 2 is 2.10 bits per heavy atom. The van der Waals surface area contributed by atoms with Gasteiger partial charge in [0.05, 0.1) is 10.5 Å². The van der Waals surface area contributed by atoms with Gasteiger partial charge in [-0.05, 0) is 50.1 Å². The second-order valence-electron chi connectivity index (χ2n) is 6.13. The molecule has 1 aromatic heterocycles. The van der Waals surface area contributed by atoms with Crippen LogP contribution >= 0.6 is 11.6 Å². The smallest absolute Gasteiger partial charge is 0.0908 e. The van der Waals surface area contributed by atoms with E-state index in [2.05, 4.69) is 27.3 Å². The summed E-state index contributed by atoms with van der Waals surface area (Å²) in [6.45, 7) is 2.50. The van der Waals surface area contributed by atoms with E-state index in [1.807, 2.05) is 12.1 Å². The number of halogens is 1. The van der Waals surface area contributed by atoms with Gasteiger partial charge in [-0.25, -0.2) is 0 Å². The minimum absolute atomic E-state index is 0.551. The first kappa shape index (κ1) is 13.4. The van der Waals surface area contributed by atoms with Gasteiger partial charge in [0.15, 0.2) is 0 Å². The highest BCUT2D eigenvalue weighted by Crippen LogP contribution is 2.33. The summed E-state index contributed by atoms with van der Waals surface area (Å²) in [6, 6.07) is 9.37. The lowest BCUT2D eigenvalue weighted by atomic mass is 9.98. The maximum Gasteiger partial charge on any atom is 0.0908 e. The number of hydrogen-bond donors (Lipinski definition) is 1. The van der Waals surface area contributed by atoms with E-state index in [0.29, 0.717) is 12.1 Å². The molecule has 3 nitrogen and oxygen atoms in total. The van der Waals surface area contributed by atoms with Gasteiger partial charge in [-0.1, -0.05) is 18.0 Å². The van der Waals surface area contributed by atoms with E-state index < -0.39 is 0 Å². The van der Waals surface area contributed by atoms with Gasteiger partial charge in [0.25, 0.3) is 0 Å². The fourth-order valence-electron chi connectivity index (χ4n) is 3.88. The van der Waals surface area contributed by atoms with Gasteiger partial charge < -0.3 is 5.32 Å². The average Bonchev–Trinajstić information content (AvgIpc) is 2.94. The monoisotopic (exact) mass is 301 g/mol. The molecule has 1 N–H and O–H groups in total. The molecule has 3 heterocycles. The standard InChI is InChI=1S/C17H20ClN3/c18-13-6-7-14(12-4-3-9-19-17(12)13)20-15-8-11-21-10-2-1-5-16(15)21/h3-4,6-7,9,15-16,20H,1-2,5,8,10-11H2. The molecule has 0 amide bonds. The van der Waals surface area contributed by atoms with Crippen molar-refractivity contribution in [2.24, 2.45) is 0 Å². The number of hydrogen-bond acceptors (Lipinski definition) is 3. The summed E-state index contributed by atoms with van der Waals surface area (Å²) in [7, 11) is 0. The van der Waals surface area contributed by atoms with E-state index in [0.717, 1.165) is 15.9 Å². The summed E-state index contributed by atoms with van der Waals surface area (Å²) < 4.78 is 0. The molecule has 2 aliphatic rings. The van der Waals surface area contributed by atoms with E-state index in [1.165, 1.54) is 44.5 Å². The Balaban J connectivity index is 1.64. The molecule has 2 atom stereocenters. The van der Waals surface area contributed by atoms with Crippen LogP contribution in [0.4, 0.5) is 5.69 Å². The van der Waals surface area contributed by atoms with Crippen molar-refractivity contribution in [1.82, 2.24) is 9.88 Å². The predicted octanol–water partition coefficient (Wildman–Crippen LogP) is 3.93. The van der Waals surface area contributed by atoms with Gasteiger partial charge >= 0.3 is 0 Å². The minimum Gasteiger partial charge on any atom is -0.380 e. The maximum atomic E-state index is 6.26. The van der Waals surface area contributed by atoms with Crippen molar-refractivity contribution < 1.29 is 0 Å². The molecule has 2 unspecified atom stereocenters. The molecule has 21 heavy (non-hydrogen) atoms. The number of rotatable bonds is 2. The average molecular weight is 302 g/mol. The Morgan fingerprint density at radius 3 is 3.05 bits per heavy atom. The van der Waals surface area contributed by atoms with Crippen LogP contribution < -0.4 is 5.32 Å². The van der Waals surface area contributed by atoms with Crippen LogP contribution in [-0.2, 0) is 0 Å². The second kappa shape index (κ2) is 5.47. The Hall–Kier alpha value is -1.32. The van der Waals surface area contributed by atoms with Crippen LogP contribution in [0.1, 0.15) is 25.7 Å². The Labute approximate surface area is 130 Å². The van der Waals surface area contributed by atoms with Gasteiger partial charge in [-0.2, -0.15) is 0 Å². The van der Waals surface area contributed by atoms with Crippen LogP contribution in [-0.4, -0.2) is 35.1 Å². The van der Waals surface area contributed by atoms with Gasteiger partial charge in [-0.3, -0.25) is 9.88 Å². The van der Waals surface area contributed by atoms with Gasteiger partial charge in [-0.15, -0.1) is 0 Å². The van der Waals surface area contributed by atoms with Crippen molar-refractivity contribution in [2.45, 2.75) is 37.8 Å². The molecule has 4 rings (SSSR count). The van der Waals surface area contributed by atoms with Crippen LogP contribution in [0.5, 0.6) is 0 Å². The normalized spacial score (nSPS) is 26.0. The van der Waals surface area contributed by atoms with Crippen LogP contribution in [0.2, 0.25) is 5.02 Å². The third-order valence-corrected chi connectivity index (χ3v) is 5.22. The molecule has 4 heteroatoms. The van der Waals surface area contributed by atoms with E-state index >= 15 is 0 Å². The molecular formula is C17H20ClN3. The maximum absolute atomic E-state index is 6.26. The summed E-state index contributed by atoms with van der Waals surface area (Å²) in [4.78, 5) is 7.07. The van der Waals surface area contributed by atoms with Crippen LogP contribution in [0.3, 0.4) is 0 Å². The first-order valence-corrected chi connectivity index (χ1v) is 8.24. The number of aromatic nitrogens is 1. The van der Waals surface area contributed by atoms with E-state index in [4.69, 9.17) is 11.6 Å². The highest BCUT2D eigenvalue weighted by molar-refractivity contribution is 6.35. The van der Waals surface area contributed by atoms with Crippen LogP contribution in [0.25, 0.3) is 10.9 Å². The summed E-state index contributed by atoms with van der Waals surface area (Å²) in [5.74, 6) is 0. The Morgan fingerprint density at radius 1 is 1.14 bits per heavy atom. The summed E-state index contributed by atoms with van der Waals surface area (Å²) in [6.07, 6.45) is 7.08. The van der Waals surface area contributed by atoms with Crippen LogP contribution in [0, 0.1) is 0 Å². The van der Waals surface area contributed by atoms with Crippen molar-refractivity contribution >= 4 is 28.2 Å². The topological polar surface area (TPSA) is 28.2 Å². The Bertz CT molecular complexity index is 658. The molecule has 2 aromatic rings. The number of piperidine rings is 1. The third kappa shape index (κ3) is 2.39. The Kier molecular flexibility index (Phi) is 3.48. The van der Waals surface area contributed by atoms with Crippen molar-refractivity contribution in [1.29, 1.82) is 0 Å². The molecule has 110 valence electrons. The zero-order valence-corrected chi connectivity index (χ0v) is 12.8. The highest BCUT2D eigenvalue weighted by atomic mass is 35.5. The van der Waals surface area contributed by atoms with Gasteiger partial charge in [0.2, 0.25) is 0 Å². The number of nitrogens with zero attached hydrogens (tertiary/aromatic N) is 2. The molecular weight excluding hydrogens is 282 g/mol. The molecule has 2 aliphatic heterocycles. The zero-order chi connectivity index (χ0) is 14.2. The van der Waals surface area contributed by atoms with Crippen molar-refractivity contribution in [3.05, 3.63) is 35.5 Å². The van der Waals surface area contributed by atoms with Gasteiger partial charge in [0, 0.05) is 35.9 Å². The van der Waals surface area contributed by atoms with E-state index in [1.54, 1.807) is 6.20 Å². The van der Waals surface area contributed by atoms with Crippen LogP contribution in [0.15, 0.2) is 30.5 Å². The lowest BCUT2D eigenvalue weighted by Crippen LogP contribution is -2.41. The van der Waals surface area contributed by atoms with Crippen molar-refractivity contribution in [3.8, 4) is 0 Å². The largest absolute Gasteiger partial charge is 0.380 e. The second-order valence-corrected chi connectivity index (χ2v) is 6.54. The quantitative estimate of drug-likeness (QED) is 0.911. The molecule has 2 saturated heterocycles. The summed E-state index contributed by atoms with van der Waals surface area (Å²) in [5.41, 5.74) is 2.06. The van der Waals surface area contributed by atoms with E-state index in [-0.39, 0.29) is 0 Å². The number of nitrogens with one attached hydrogen (secondary N) is 1. The molecule has 0 saturated carbocycles. The molecule has 0 aliphatic carbocycles. The molecule has 0 radical (unpaired) electrons. The molecule has 0 spiro atoms. The number of benzene rings is 1. The fraction of sp³-hybridized carbons (Fsp3) is 0.471.